The van der Waals surface area contributed by atoms with Gasteiger partial charge in [-0.2, -0.15) is 35.3 Å². The normalized spacial score (nSPS) is 20.6. The first-order valence-corrected chi connectivity index (χ1v) is 16.1. The SMILES string of the molecule is O=C(c1cc2cc3c4c(c2oc1=O)CCCN4CCC3)N1CCCSCCSCCSCCC1. The number of carbonyl (C=O) groups is 1. The highest BCUT2D eigenvalue weighted by atomic mass is 32.2. The lowest BCUT2D eigenvalue weighted by Crippen LogP contribution is -2.36. The molecule has 8 heteroatoms. The molecule has 1 fully saturated rings. The fourth-order valence-corrected chi connectivity index (χ4v) is 8.50. The molecule has 3 aliphatic heterocycles. The van der Waals surface area contributed by atoms with E-state index in [1.165, 1.54) is 39.8 Å². The Bertz CT molecular complexity index is 1070. The fraction of sp³-hybridized carbons (Fsp3) is 0.615. The van der Waals surface area contributed by atoms with Gasteiger partial charge in [0, 0.05) is 65.8 Å². The Labute approximate surface area is 214 Å². The second-order valence-corrected chi connectivity index (χ2v) is 12.9. The maximum atomic E-state index is 13.6. The summed E-state index contributed by atoms with van der Waals surface area (Å²) in [5.41, 5.74) is 4.20. The van der Waals surface area contributed by atoms with Crippen LogP contribution in [-0.4, -0.2) is 71.5 Å². The summed E-state index contributed by atoms with van der Waals surface area (Å²) in [6.45, 7) is 3.56. The van der Waals surface area contributed by atoms with Gasteiger partial charge in [0.1, 0.15) is 11.1 Å². The molecule has 1 aromatic carbocycles. The van der Waals surface area contributed by atoms with Crippen LogP contribution in [0.2, 0.25) is 0 Å². The molecule has 1 saturated heterocycles. The van der Waals surface area contributed by atoms with Crippen molar-refractivity contribution < 1.29 is 9.21 Å². The predicted octanol–water partition coefficient (Wildman–Crippen LogP) is 4.93. The summed E-state index contributed by atoms with van der Waals surface area (Å²) in [5, 5.41) is 0.908. The summed E-state index contributed by atoms with van der Waals surface area (Å²) in [7, 11) is 0. The molecule has 34 heavy (non-hydrogen) atoms. The maximum Gasteiger partial charge on any atom is 0.349 e. The Hall–Kier alpha value is -1.25. The Balaban J connectivity index is 1.41. The zero-order valence-electron chi connectivity index (χ0n) is 19.8. The molecule has 0 radical (unpaired) electrons. The van der Waals surface area contributed by atoms with Crippen molar-refractivity contribution in [3.8, 4) is 0 Å². The molecular formula is C26H34N2O3S3. The van der Waals surface area contributed by atoms with E-state index in [2.05, 4.69) is 11.0 Å². The van der Waals surface area contributed by atoms with Crippen molar-refractivity contribution in [2.75, 3.05) is 65.6 Å². The second kappa shape index (κ2) is 11.7. The standard InChI is InChI=1S/C26H34N2O3S3/c29-25(28-9-3-11-32-13-15-34-16-14-33-12-4-10-28)22-18-20-17-19-5-1-7-27-8-2-6-21(23(19)27)24(20)31-26(22)30/h17-18H,1-16H2. The van der Waals surface area contributed by atoms with Gasteiger partial charge in [-0.3, -0.25) is 4.79 Å². The lowest BCUT2D eigenvalue weighted by Gasteiger charge is -2.37. The molecule has 4 heterocycles. The molecule has 3 aliphatic rings. The average Bonchev–Trinajstić information content (AvgIpc) is 2.85. The van der Waals surface area contributed by atoms with Gasteiger partial charge in [0.05, 0.1) is 0 Å². The lowest BCUT2D eigenvalue weighted by molar-refractivity contribution is 0.0752. The lowest BCUT2D eigenvalue weighted by atomic mass is 9.90. The number of rotatable bonds is 1. The molecule has 2 aromatic rings. The molecule has 5 nitrogen and oxygen atoms in total. The van der Waals surface area contributed by atoms with Gasteiger partial charge < -0.3 is 14.2 Å². The zero-order chi connectivity index (χ0) is 23.3. The van der Waals surface area contributed by atoms with Crippen LogP contribution in [0.5, 0.6) is 0 Å². The third kappa shape index (κ3) is 5.44. The van der Waals surface area contributed by atoms with Gasteiger partial charge in [0.15, 0.2) is 0 Å². The van der Waals surface area contributed by atoms with Gasteiger partial charge in [-0.05, 0) is 67.7 Å². The first-order valence-electron chi connectivity index (χ1n) is 12.6. The van der Waals surface area contributed by atoms with Crippen LogP contribution in [0, 0.1) is 0 Å². The molecule has 0 saturated carbocycles. The molecule has 1 aromatic heterocycles. The molecule has 0 N–H and O–H groups in total. The minimum Gasteiger partial charge on any atom is -0.422 e. The second-order valence-electron chi connectivity index (χ2n) is 9.26. The zero-order valence-corrected chi connectivity index (χ0v) is 22.3. The van der Waals surface area contributed by atoms with E-state index in [4.69, 9.17) is 4.42 Å². The number of aryl methyl sites for hydroxylation is 2. The van der Waals surface area contributed by atoms with Crippen molar-refractivity contribution in [1.29, 1.82) is 0 Å². The van der Waals surface area contributed by atoms with Crippen molar-refractivity contribution in [3.05, 3.63) is 39.2 Å². The van der Waals surface area contributed by atoms with E-state index in [1.807, 2.05) is 46.3 Å². The summed E-state index contributed by atoms with van der Waals surface area (Å²) < 4.78 is 5.90. The molecule has 0 spiro atoms. The molecule has 5 rings (SSSR count). The van der Waals surface area contributed by atoms with Gasteiger partial charge in [0.25, 0.3) is 5.91 Å². The Morgan fingerprint density at radius 1 is 0.794 bits per heavy atom. The van der Waals surface area contributed by atoms with Crippen LogP contribution >= 0.6 is 35.3 Å². The molecule has 0 atom stereocenters. The molecule has 1 amide bonds. The van der Waals surface area contributed by atoms with Crippen LogP contribution in [0.1, 0.15) is 47.2 Å². The number of anilines is 1. The van der Waals surface area contributed by atoms with E-state index in [-0.39, 0.29) is 11.5 Å². The van der Waals surface area contributed by atoms with Crippen LogP contribution in [0.3, 0.4) is 0 Å². The number of carbonyl (C=O) groups excluding carboxylic acids is 1. The largest absolute Gasteiger partial charge is 0.422 e. The molecule has 184 valence electrons. The van der Waals surface area contributed by atoms with Crippen molar-refractivity contribution in [2.45, 2.75) is 38.5 Å². The summed E-state index contributed by atoms with van der Waals surface area (Å²) in [4.78, 5) is 31.0. The number of nitrogens with zero attached hydrogens (tertiary/aromatic N) is 2. The number of thioether (sulfide) groups is 3. The fourth-order valence-electron chi connectivity index (χ4n) is 5.34. The van der Waals surface area contributed by atoms with Crippen molar-refractivity contribution in [3.63, 3.8) is 0 Å². The van der Waals surface area contributed by atoms with Crippen molar-refractivity contribution in [2.24, 2.45) is 0 Å². The first kappa shape index (κ1) is 24.4. The number of amides is 1. The van der Waals surface area contributed by atoms with Crippen molar-refractivity contribution in [1.82, 2.24) is 4.90 Å². The van der Waals surface area contributed by atoms with E-state index >= 15 is 0 Å². The minimum absolute atomic E-state index is 0.165. The third-order valence-corrected chi connectivity index (χ3v) is 10.6. The third-order valence-electron chi connectivity index (χ3n) is 6.91. The average molecular weight is 519 g/mol. The molecule has 0 unspecified atom stereocenters. The number of benzene rings is 1. The number of hydrogen-bond acceptors (Lipinski definition) is 7. The van der Waals surface area contributed by atoms with Crippen LogP contribution < -0.4 is 10.5 Å². The van der Waals surface area contributed by atoms with Gasteiger partial charge in [0.2, 0.25) is 0 Å². The smallest absolute Gasteiger partial charge is 0.349 e. The monoisotopic (exact) mass is 518 g/mol. The van der Waals surface area contributed by atoms with Crippen LogP contribution in [0.4, 0.5) is 5.69 Å². The quantitative estimate of drug-likeness (QED) is 0.496. The van der Waals surface area contributed by atoms with E-state index in [0.29, 0.717) is 18.7 Å². The number of fused-ring (bicyclic) bond motifs is 2. The number of hydrogen-bond donors (Lipinski definition) is 0. The van der Waals surface area contributed by atoms with E-state index in [1.54, 1.807) is 0 Å². The first-order chi connectivity index (χ1) is 16.7. The van der Waals surface area contributed by atoms with Gasteiger partial charge in [-0.25, -0.2) is 4.79 Å². The topological polar surface area (TPSA) is 53.8 Å². The Morgan fingerprint density at radius 2 is 1.44 bits per heavy atom. The Morgan fingerprint density at radius 3 is 2.15 bits per heavy atom. The van der Waals surface area contributed by atoms with E-state index in [9.17, 15) is 9.59 Å². The van der Waals surface area contributed by atoms with E-state index in [0.717, 1.165) is 68.5 Å². The Kier molecular flexibility index (Phi) is 8.38. The van der Waals surface area contributed by atoms with Crippen molar-refractivity contribution >= 4 is 57.8 Å². The summed E-state index contributed by atoms with van der Waals surface area (Å²) >= 11 is 5.98. The maximum absolute atomic E-state index is 13.6. The highest BCUT2D eigenvalue weighted by molar-refractivity contribution is 8.04. The summed E-state index contributed by atoms with van der Waals surface area (Å²) in [6.07, 6.45) is 6.15. The van der Waals surface area contributed by atoms with Crippen LogP contribution in [-0.2, 0) is 12.8 Å². The van der Waals surface area contributed by atoms with Gasteiger partial charge in [-0.1, -0.05) is 0 Å². The van der Waals surface area contributed by atoms with Crippen LogP contribution in [0.25, 0.3) is 11.0 Å². The van der Waals surface area contributed by atoms with E-state index < -0.39 is 5.63 Å². The summed E-state index contributed by atoms with van der Waals surface area (Å²) in [6, 6.07) is 3.99. The molecule has 0 aliphatic carbocycles. The van der Waals surface area contributed by atoms with Crippen LogP contribution in [0.15, 0.2) is 21.3 Å². The molecular weight excluding hydrogens is 484 g/mol. The molecule has 0 bridgehead atoms. The van der Waals surface area contributed by atoms with Gasteiger partial charge >= 0.3 is 5.63 Å². The highest BCUT2D eigenvalue weighted by Crippen LogP contribution is 2.39. The highest BCUT2D eigenvalue weighted by Gasteiger charge is 2.28. The van der Waals surface area contributed by atoms with Gasteiger partial charge in [-0.15, -0.1) is 0 Å². The summed E-state index contributed by atoms with van der Waals surface area (Å²) in [5.74, 6) is 6.68. The predicted molar refractivity (Wildman–Crippen MR) is 148 cm³/mol. The minimum atomic E-state index is -0.484.